The fourth-order valence-electron chi connectivity index (χ4n) is 2.31. The van der Waals surface area contributed by atoms with Gasteiger partial charge >= 0.3 is 5.97 Å². The average molecular weight is 264 g/mol. The summed E-state index contributed by atoms with van der Waals surface area (Å²) in [4.78, 5) is 18.1. The molecule has 0 radical (unpaired) electrons. The number of carbonyl (C=O) groups is 1. The first-order valence-corrected chi connectivity index (χ1v) is 6.66. The Morgan fingerprint density at radius 2 is 2.16 bits per heavy atom. The third-order valence-corrected chi connectivity index (χ3v) is 3.41. The smallest absolute Gasteiger partial charge is 0.309 e. The van der Waals surface area contributed by atoms with Gasteiger partial charge in [-0.05, 0) is 25.8 Å². The number of ether oxygens (including phenoxy) is 2. The fourth-order valence-corrected chi connectivity index (χ4v) is 2.31. The van der Waals surface area contributed by atoms with Crippen LogP contribution in [-0.4, -0.2) is 37.8 Å². The van der Waals surface area contributed by atoms with Crippen LogP contribution in [0, 0.1) is 5.92 Å². The first-order chi connectivity index (χ1) is 9.24. The summed E-state index contributed by atoms with van der Waals surface area (Å²) in [6, 6.07) is 3.85. The van der Waals surface area contributed by atoms with E-state index in [1.165, 1.54) is 0 Å². The minimum atomic E-state index is -0.0602. The molecule has 1 aliphatic rings. The molecule has 104 valence electrons. The summed E-state index contributed by atoms with van der Waals surface area (Å²) in [6.45, 7) is 4.02. The molecule has 0 aromatic carbocycles. The van der Waals surface area contributed by atoms with Gasteiger partial charge in [0.25, 0.3) is 0 Å². The molecule has 0 unspecified atom stereocenters. The van der Waals surface area contributed by atoms with Crippen LogP contribution in [0.5, 0.6) is 5.88 Å². The van der Waals surface area contributed by atoms with E-state index in [1.54, 1.807) is 7.11 Å². The summed E-state index contributed by atoms with van der Waals surface area (Å²) in [6.07, 6.45) is 3.49. The Kier molecular flexibility index (Phi) is 4.60. The van der Waals surface area contributed by atoms with E-state index in [2.05, 4.69) is 9.88 Å². The standard InChI is InChI=1S/C14H20N2O3/c1-3-19-14(17)11-6-8-16(9-7-11)12-4-5-13(18-2)15-10-12/h4-5,10-11H,3,6-9H2,1-2H3. The summed E-state index contributed by atoms with van der Waals surface area (Å²) in [5.74, 6) is 0.600. The molecule has 0 bridgehead atoms. The summed E-state index contributed by atoms with van der Waals surface area (Å²) in [5, 5.41) is 0. The van der Waals surface area contributed by atoms with Crippen molar-refractivity contribution in [3.8, 4) is 5.88 Å². The number of nitrogens with zero attached hydrogens (tertiary/aromatic N) is 2. The molecule has 0 atom stereocenters. The number of methoxy groups -OCH3 is 1. The second-order valence-electron chi connectivity index (χ2n) is 4.57. The number of carbonyl (C=O) groups excluding carboxylic acids is 1. The molecule has 5 nitrogen and oxygen atoms in total. The zero-order valence-electron chi connectivity index (χ0n) is 11.5. The average Bonchev–Trinajstić information content (AvgIpc) is 2.48. The van der Waals surface area contributed by atoms with Crippen LogP contribution in [-0.2, 0) is 9.53 Å². The van der Waals surface area contributed by atoms with Crippen molar-refractivity contribution in [1.29, 1.82) is 0 Å². The fraction of sp³-hybridized carbons (Fsp3) is 0.571. The number of piperidine rings is 1. The number of hydrogen-bond acceptors (Lipinski definition) is 5. The highest BCUT2D eigenvalue weighted by atomic mass is 16.5. The van der Waals surface area contributed by atoms with E-state index in [-0.39, 0.29) is 11.9 Å². The number of anilines is 1. The normalized spacial score (nSPS) is 16.2. The Morgan fingerprint density at radius 3 is 2.68 bits per heavy atom. The van der Waals surface area contributed by atoms with Gasteiger partial charge in [-0.1, -0.05) is 0 Å². The maximum atomic E-state index is 11.7. The second-order valence-corrected chi connectivity index (χ2v) is 4.57. The Labute approximate surface area is 113 Å². The highest BCUT2D eigenvalue weighted by Crippen LogP contribution is 2.24. The zero-order valence-corrected chi connectivity index (χ0v) is 11.5. The van der Waals surface area contributed by atoms with Gasteiger partial charge in [-0.15, -0.1) is 0 Å². The summed E-state index contributed by atoms with van der Waals surface area (Å²) in [7, 11) is 1.60. The Bertz CT molecular complexity index is 411. The maximum Gasteiger partial charge on any atom is 0.309 e. The monoisotopic (exact) mass is 264 g/mol. The lowest BCUT2D eigenvalue weighted by Gasteiger charge is -2.32. The van der Waals surface area contributed by atoms with Gasteiger partial charge in [0, 0.05) is 19.2 Å². The molecule has 0 aliphatic carbocycles. The molecule has 0 N–H and O–H groups in total. The molecule has 5 heteroatoms. The molecule has 0 amide bonds. The third kappa shape index (κ3) is 3.36. The van der Waals surface area contributed by atoms with E-state index in [0.29, 0.717) is 12.5 Å². The van der Waals surface area contributed by atoms with E-state index in [1.807, 2.05) is 25.3 Å². The van der Waals surface area contributed by atoms with Crippen molar-refractivity contribution in [2.45, 2.75) is 19.8 Å². The molecule has 0 spiro atoms. The Balaban J connectivity index is 1.90. The van der Waals surface area contributed by atoms with E-state index in [4.69, 9.17) is 9.47 Å². The molecule has 1 saturated heterocycles. The van der Waals surface area contributed by atoms with E-state index < -0.39 is 0 Å². The minimum Gasteiger partial charge on any atom is -0.481 e. The maximum absolute atomic E-state index is 11.7. The minimum absolute atomic E-state index is 0.0439. The SMILES string of the molecule is CCOC(=O)C1CCN(c2ccc(OC)nc2)CC1. The Morgan fingerprint density at radius 1 is 1.42 bits per heavy atom. The highest BCUT2D eigenvalue weighted by molar-refractivity contribution is 5.72. The Hall–Kier alpha value is -1.78. The van der Waals surface area contributed by atoms with Crippen LogP contribution < -0.4 is 9.64 Å². The second kappa shape index (κ2) is 6.41. The predicted molar refractivity (Wildman–Crippen MR) is 72.4 cm³/mol. The lowest BCUT2D eigenvalue weighted by Crippen LogP contribution is -2.37. The largest absolute Gasteiger partial charge is 0.481 e. The number of rotatable bonds is 4. The number of esters is 1. The molecule has 2 rings (SSSR count). The molecule has 2 heterocycles. The first-order valence-electron chi connectivity index (χ1n) is 6.66. The van der Waals surface area contributed by atoms with Crippen molar-refractivity contribution in [3.63, 3.8) is 0 Å². The van der Waals surface area contributed by atoms with Crippen LogP contribution in [0.3, 0.4) is 0 Å². The highest BCUT2D eigenvalue weighted by Gasteiger charge is 2.26. The van der Waals surface area contributed by atoms with Crippen molar-refractivity contribution >= 4 is 11.7 Å². The van der Waals surface area contributed by atoms with Gasteiger partial charge in [0.1, 0.15) is 0 Å². The number of aromatic nitrogens is 1. The van der Waals surface area contributed by atoms with Gasteiger partial charge in [-0.25, -0.2) is 4.98 Å². The van der Waals surface area contributed by atoms with Gasteiger partial charge in [0.05, 0.1) is 31.5 Å². The third-order valence-electron chi connectivity index (χ3n) is 3.41. The van der Waals surface area contributed by atoms with Gasteiger partial charge < -0.3 is 14.4 Å². The van der Waals surface area contributed by atoms with Crippen LogP contribution in [0.2, 0.25) is 0 Å². The topological polar surface area (TPSA) is 51.7 Å². The van der Waals surface area contributed by atoms with Gasteiger partial charge in [-0.3, -0.25) is 4.79 Å². The zero-order chi connectivity index (χ0) is 13.7. The lowest BCUT2D eigenvalue weighted by molar-refractivity contribution is -0.148. The first kappa shape index (κ1) is 13.6. The van der Waals surface area contributed by atoms with Gasteiger partial charge in [0.2, 0.25) is 5.88 Å². The molecular weight excluding hydrogens is 244 g/mol. The van der Waals surface area contributed by atoms with E-state index >= 15 is 0 Å². The summed E-state index contributed by atoms with van der Waals surface area (Å²) >= 11 is 0. The molecule has 1 fully saturated rings. The molecular formula is C14H20N2O3. The van der Waals surface area contributed by atoms with Crippen molar-refractivity contribution in [2.24, 2.45) is 5.92 Å². The molecule has 1 aromatic rings. The van der Waals surface area contributed by atoms with Gasteiger partial charge in [-0.2, -0.15) is 0 Å². The number of pyridine rings is 1. The van der Waals surface area contributed by atoms with E-state index in [9.17, 15) is 4.79 Å². The van der Waals surface area contributed by atoms with Crippen LogP contribution in [0.1, 0.15) is 19.8 Å². The van der Waals surface area contributed by atoms with Gasteiger partial charge in [0.15, 0.2) is 0 Å². The molecule has 19 heavy (non-hydrogen) atoms. The van der Waals surface area contributed by atoms with Crippen LogP contribution >= 0.6 is 0 Å². The van der Waals surface area contributed by atoms with Crippen molar-refractivity contribution in [3.05, 3.63) is 18.3 Å². The summed E-state index contributed by atoms with van der Waals surface area (Å²) < 4.78 is 10.1. The lowest BCUT2D eigenvalue weighted by atomic mass is 9.97. The van der Waals surface area contributed by atoms with E-state index in [0.717, 1.165) is 31.6 Å². The van der Waals surface area contributed by atoms with Crippen molar-refractivity contribution in [1.82, 2.24) is 4.98 Å². The van der Waals surface area contributed by atoms with Crippen LogP contribution in [0.25, 0.3) is 0 Å². The van der Waals surface area contributed by atoms with Crippen LogP contribution in [0.15, 0.2) is 18.3 Å². The van der Waals surface area contributed by atoms with Crippen molar-refractivity contribution in [2.75, 3.05) is 31.7 Å². The quantitative estimate of drug-likeness (QED) is 0.777. The molecule has 1 aromatic heterocycles. The summed E-state index contributed by atoms with van der Waals surface area (Å²) in [5.41, 5.74) is 1.07. The van der Waals surface area contributed by atoms with Crippen LogP contribution in [0.4, 0.5) is 5.69 Å². The molecule has 1 aliphatic heterocycles. The predicted octanol–water partition coefficient (Wildman–Crippen LogP) is 1.87. The van der Waals surface area contributed by atoms with Crippen molar-refractivity contribution < 1.29 is 14.3 Å². The molecule has 0 saturated carbocycles. The number of hydrogen-bond donors (Lipinski definition) is 0.